The summed E-state index contributed by atoms with van der Waals surface area (Å²) in [5, 5.41) is 0. The van der Waals surface area contributed by atoms with Crippen LogP contribution in [0.3, 0.4) is 0 Å². The SMILES string of the molecule is Cc1ncccc1Oc1ncnc(OC2C3(C)CN(C)CC2(C)CN(C(=O)OC(C)C)C3)c1C. The normalized spacial score (nSPS) is 26.9. The first-order valence-corrected chi connectivity index (χ1v) is 11.7. The quantitative estimate of drug-likeness (QED) is 0.652. The second kappa shape index (κ2) is 9.02. The van der Waals surface area contributed by atoms with Gasteiger partial charge in [-0.1, -0.05) is 13.8 Å². The van der Waals surface area contributed by atoms with E-state index < -0.39 is 0 Å². The zero-order chi connectivity index (χ0) is 24.7. The van der Waals surface area contributed by atoms with E-state index in [-0.39, 0.29) is 29.1 Å². The molecule has 2 aromatic rings. The minimum Gasteiger partial charge on any atom is -0.473 e. The van der Waals surface area contributed by atoms with Crippen molar-refractivity contribution in [2.24, 2.45) is 10.8 Å². The summed E-state index contributed by atoms with van der Waals surface area (Å²) in [5.41, 5.74) is 0.884. The minimum atomic E-state index is -0.311. The predicted octanol–water partition coefficient (Wildman–Crippen LogP) is 3.85. The highest BCUT2D eigenvalue weighted by atomic mass is 16.6. The lowest BCUT2D eigenvalue weighted by Crippen LogP contribution is -2.71. The molecular formula is C25H35N5O4. The van der Waals surface area contributed by atoms with Gasteiger partial charge in [0.05, 0.1) is 17.4 Å². The predicted molar refractivity (Wildman–Crippen MR) is 127 cm³/mol. The number of hydrogen-bond donors (Lipinski definition) is 0. The molecule has 4 rings (SSSR count). The van der Waals surface area contributed by atoms with Gasteiger partial charge in [0.15, 0.2) is 5.75 Å². The molecule has 2 aromatic heterocycles. The Morgan fingerprint density at radius 2 is 1.71 bits per heavy atom. The van der Waals surface area contributed by atoms with Crippen molar-refractivity contribution >= 4 is 6.09 Å². The van der Waals surface area contributed by atoms with Crippen LogP contribution in [0.5, 0.6) is 17.5 Å². The molecule has 2 atom stereocenters. The van der Waals surface area contributed by atoms with E-state index >= 15 is 0 Å². The standard InChI is InChI=1S/C25H35N5O4/c1-16(2)32-23(31)30-13-24(5)11-29(7)12-25(6,14-30)22(24)34-21-17(3)20(27-15-28-21)33-19-9-8-10-26-18(19)4/h8-10,15-16,22H,11-14H2,1-7H3. The maximum atomic E-state index is 12.8. The van der Waals surface area contributed by atoms with E-state index in [1.54, 1.807) is 6.20 Å². The number of amides is 1. The van der Waals surface area contributed by atoms with E-state index in [4.69, 9.17) is 14.2 Å². The summed E-state index contributed by atoms with van der Waals surface area (Å²) in [6.45, 7) is 14.6. The van der Waals surface area contributed by atoms with E-state index in [0.29, 0.717) is 30.6 Å². The maximum absolute atomic E-state index is 12.8. The molecule has 0 radical (unpaired) electrons. The zero-order valence-corrected chi connectivity index (χ0v) is 21.2. The van der Waals surface area contributed by atoms with Crippen molar-refractivity contribution < 1.29 is 19.0 Å². The number of fused-ring (bicyclic) bond motifs is 2. The van der Waals surface area contributed by atoms with Gasteiger partial charge in [0.2, 0.25) is 11.8 Å². The van der Waals surface area contributed by atoms with Crippen LogP contribution in [0.15, 0.2) is 24.7 Å². The third kappa shape index (κ3) is 4.66. The molecule has 0 aromatic carbocycles. The molecule has 0 saturated carbocycles. The number of aromatic nitrogens is 3. The Morgan fingerprint density at radius 1 is 1.06 bits per heavy atom. The van der Waals surface area contributed by atoms with Crippen LogP contribution in [0.1, 0.15) is 39.0 Å². The Bertz CT molecular complexity index is 1040. The fraction of sp³-hybridized carbons (Fsp3) is 0.600. The molecular weight excluding hydrogens is 434 g/mol. The van der Waals surface area contributed by atoms with Crippen LogP contribution < -0.4 is 9.47 Å². The molecule has 34 heavy (non-hydrogen) atoms. The van der Waals surface area contributed by atoms with Gasteiger partial charge in [-0.2, -0.15) is 0 Å². The third-order valence-corrected chi connectivity index (χ3v) is 6.61. The summed E-state index contributed by atoms with van der Waals surface area (Å²) in [6.07, 6.45) is 2.61. The highest BCUT2D eigenvalue weighted by Gasteiger charge is 2.58. The zero-order valence-electron chi connectivity index (χ0n) is 21.2. The third-order valence-electron chi connectivity index (χ3n) is 6.61. The fourth-order valence-corrected chi connectivity index (χ4v) is 5.61. The van der Waals surface area contributed by atoms with Crippen LogP contribution in [0.2, 0.25) is 0 Å². The van der Waals surface area contributed by atoms with E-state index in [9.17, 15) is 4.79 Å². The highest BCUT2D eigenvalue weighted by Crippen LogP contribution is 2.48. The summed E-state index contributed by atoms with van der Waals surface area (Å²) < 4.78 is 18.2. The maximum Gasteiger partial charge on any atom is 0.410 e. The molecule has 0 N–H and O–H groups in total. The first-order valence-electron chi connectivity index (χ1n) is 11.7. The van der Waals surface area contributed by atoms with Crippen molar-refractivity contribution in [2.45, 2.75) is 53.8 Å². The minimum absolute atomic E-state index is 0.152. The average molecular weight is 470 g/mol. The Kier molecular flexibility index (Phi) is 6.42. The number of aryl methyl sites for hydroxylation is 1. The Morgan fingerprint density at radius 3 is 2.32 bits per heavy atom. The number of nitrogens with zero attached hydrogens (tertiary/aromatic N) is 5. The van der Waals surface area contributed by atoms with Gasteiger partial charge in [-0.3, -0.25) is 4.98 Å². The van der Waals surface area contributed by atoms with E-state index in [0.717, 1.165) is 24.3 Å². The van der Waals surface area contributed by atoms with Crippen molar-refractivity contribution in [1.82, 2.24) is 24.8 Å². The van der Waals surface area contributed by atoms with Gasteiger partial charge in [-0.15, -0.1) is 0 Å². The van der Waals surface area contributed by atoms with Gasteiger partial charge in [0.25, 0.3) is 0 Å². The number of pyridine rings is 1. The van der Waals surface area contributed by atoms with Crippen molar-refractivity contribution in [3.05, 3.63) is 35.9 Å². The van der Waals surface area contributed by atoms with E-state index in [2.05, 4.69) is 40.7 Å². The number of rotatable bonds is 5. The van der Waals surface area contributed by atoms with Crippen LogP contribution in [-0.4, -0.2) is 76.3 Å². The second-order valence-corrected chi connectivity index (χ2v) is 10.6. The van der Waals surface area contributed by atoms with E-state index in [1.165, 1.54) is 6.33 Å². The monoisotopic (exact) mass is 469 g/mol. The Hall–Kier alpha value is -2.94. The van der Waals surface area contributed by atoms with Crippen molar-refractivity contribution in [3.8, 4) is 17.5 Å². The topological polar surface area (TPSA) is 89.9 Å². The van der Waals surface area contributed by atoms with Crippen molar-refractivity contribution in [1.29, 1.82) is 0 Å². The summed E-state index contributed by atoms with van der Waals surface area (Å²) in [6, 6.07) is 3.69. The first kappa shape index (κ1) is 24.2. The average Bonchev–Trinajstić information content (AvgIpc) is 2.72. The smallest absolute Gasteiger partial charge is 0.410 e. The molecule has 4 heterocycles. The van der Waals surface area contributed by atoms with Crippen LogP contribution in [0.4, 0.5) is 4.79 Å². The molecule has 0 aliphatic carbocycles. The van der Waals surface area contributed by atoms with Gasteiger partial charge in [-0.25, -0.2) is 14.8 Å². The molecule has 2 unspecified atom stereocenters. The van der Waals surface area contributed by atoms with Gasteiger partial charge in [0.1, 0.15) is 12.4 Å². The van der Waals surface area contributed by atoms with Crippen LogP contribution >= 0.6 is 0 Å². The Labute approximate surface area is 201 Å². The van der Waals surface area contributed by atoms with Crippen LogP contribution in [0.25, 0.3) is 0 Å². The molecule has 2 aliphatic rings. The highest BCUT2D eigenvalue weighted by molar-refractivity contribution is 5.68. The van der Waals surface area contributed by atoms with Crippen molar-refractivity contribution in [2.75, 3.05) is 33.2 Å². The molecule has 2 fully saturated rings. The number of hydrogen-bond acceptors (Lipinski definition) is 8. The molecule has 2 saturated heterocycles. The lowest BCUT2D eigenvalue weighted by atomic mass is 9.63. The molecule has 1 amide bonds. The number of likely N-dealkylation sites (tertiary alicyclic amines) is 2. The molecule has 184 valence electrons. The Balaban J connectivity index is 1.61. The lowest BCUT2D eigenvalue weighted by molar-refractivity contribution is -0.154. The number of carbonyl (C=O) groups is 1. The molecule has 9 heteroatoms. The summed E-state index contributed by atoms with van der Waals surface area (Å²) in [7, 11) is 2.12. The van der Waals surface area contributed by atoms with E-state index in [1.807, 2.05) is 44.7 Å². The van der Waals surface area contributed by atoms with Crippen LogP contribution in [-0.2, 0) is 4.74 Å². The first-order chi connectivity index (χ1) is 16.0. The van der Waals surface area contributed by atoms with Gasteiger partial charge < -0.3 is 24.0 Å². The van der Waals surface area contributed by atoms with Crippen LogP contribution in [0, 0.1) is 24.7 Å². The van der Waals surface area contributed by atoms with Crippen molar-refractivity contribution in [3.63, 3.8) is 0 Å². The summed E-state index contributed by atoms with van der Waals surface area (Å²) >= 11 is 0. The number of ether oxygens (including phenoxy) is 3. The molecule has 9 nitrogen and oxygen atoms in total. The van der Waals surface area contributed by atoms with Gasteiger partial charge >= 0.3 is 6.09 Å². The van der Waals surface area contributed by atoms with Gasteiger partial charge in [-0.05, 0) is 46.9 Å². The second-order valence-electron chi connectivity index (χ2n) is 10.6. The molecule has 2 bridgehead atoms. The largest absolute Gasteiger partial charge is 0.473 e. The molecule has 0 spiro atoms. The number of carbonyl (C=O) groups excluding carboxylic acids is 1. The van der Waals surface area contributed by atoms with Gasteiger partial charge in [0, 0.05) is 43.2 Å². The lowest BCUT2D eigenvalue weighted by Gasteiger charge is -2.60. The summed E-state index contributed by atoms with van der Waals surface area (Å²) in [5.74, 6) is 1.58. The number of piperidine rings is 2. The summed E-state index contributed by atoms with van der Waals surface area (Å²) in [4.78, 5) is 30.0. The molecule has 2 aliphatic heterocycles. The fourth-order valence-electron chi connectivity index (χ4n) is 5.61.